The molecule has 3 heterocycles. The highest BCUT2D eigenvalue weighted by Gasteiger charge is 2.35. The number of hydrogen-bond donors (Lipinski definition) is 1. The summed E-state index contributed by atoms with van der Waals surface area (Å²) < 4.78 is 0. The van der Waals surface area contributed by atoms with E-state index in [0.29, 0.717) is 6.04 Å². The largest absolute Gasteiger partial charge is 0.367 e. The maximum Gasteiger partial charge on any atom is 0.126 e. The molecule has 21 heavy (non-hydrogen) atoms. The number of anilines is 1. The first-order chi connectivity index (χ1) is 9.93. The van der Waals surface area contributed by atoms with Crippen molar-refractivity contribution >= 4 is 5.82 Å². The topological polar surface area (TPSA) is 28.2 Å². The average molecular weight is 287 g/mol. The van der Waals surface area contributed by atoms with Crippen LogP contribution in [0, 0.1) is 0 Å². The molecule has 0 saturated carbocycles. The zero-order chi connectivity index (χ0) is 15.0. The first-order valence-corrected chi connectivity index (χ1v) is 8.38. The Morgan fingerprint density at radius 1 is 1.14 bits per heavy atom. The van der Waals surface area contributed by atoms with Gasteiger partial charge < -0.3 is 10.2 Å². The molecule has 3 heteroatoms. The lowest BCUT2D eigenvalue weighted by Gasteiger charge is -2.47. The summed E-state index contributed by atoms with van der Waals surface area (Å²) >= 11 is 0. The summed E-state index contributed by atoms with van der Waals surface area (Å²) in [6, 6.07) is 6.48. The van der Waals surface area contributed by atoms with Crippen molar-refractivity contribution in [3.8, 4) is 0 Å². The fraction of sp³-hybridized carbons (Fsp3) is 0.722. The van der Waals surface area contributed by atoms with E-state index < -0.39 is 0 Å². The SMILES string of the molecule is CN1C2CCCC1CC(Nc1ccc(C(C)(C)C)cn1)C2. The second kappa shape index (κ2) is 5.60. The van der Waals surface area contributed by atoms with Crippen LogP contribution in [0.25, 0.3) is 0 Å². The first kappa shape index (κ1) is 14.8. The van der Waals surface area contributed by atoms with Crippen LogP contribution >= 0.6 is 0 Å². The van der Waals surface area contributed by atoms with E-state index in [1.165, 1.54) is 37.7 Å². The molecule has 1 N–H and O–H groups in total. The molecule has 2 bridgehead atoms. The summed E-state index contributed by atoms with van der Waals surface area (Å²) in [6.07, 6.45) is 8.68. The number of rotatable bonds is 2. The van der Waals surface area contributed by atoms with Gasteiger partial charge in [-0.25, -0.2) is 4.98 Å². The molecule has 2 fully saturated rings. The van der Waals surface area contributed by atoms with E-state index >= 15 is 0 Å². The zero-order valence-corrected chi connectivity index (χ0v) is 13.9. The first-order valence-electron chi connectivity index (χ1n) is 8.38. The van der Waals surface area contributed by atoms with Gasteiger partial charge in [0.05, 0.1) is 0 Å². The van der Waals surface area contributed by atoms with Crippen molar-refractivity contribution in [1.29, 1.82) is 0 Å². The van der Waals surface area contributed by atoms with Crippen LogP contribution in [0.5, 0.6) is 0 Å². The second-order valence-corrected chi connectivity index (χ2v) is 7.90. The molecule has 2 aliphatic heterocycles. The average Bonchev–Trinajstić information content (AvgIpc) is 2.39. The Hall–Kier alpha value is -1.09. The van der Waals surface area contributed by atoms with E-state index in [9.17, 15) is 0 Å². The minimum atomic E-state index is 0.177. The van der Waals surface area contributed by atoms with Gasteiger partial charge in [0.1, 0.15) is 5.82 Å². The molecule has 3 nitrogen and oxygen atoms in total. The van der Waals surface area contributed by atoms with Gasteiger partial charge in [0, 0.05) is 24.3 Å². The third-order valence-corrected chi connectivity index (χ3v) is 5.32. The molecular weight excluding hydrogens is 258 g/mol. The molecule has 0 amide bonds. The van der Waals surface area contributed by atoms with Crippen molar-refractivity contribution in [3.05, 3.63) is 23.9 Å². The van der Waals surface area contributed by atoms with Gasteiger partial charge in [0.25, 0.3) is 0 Å². The zero-order valence-electron chi connectivity index (χ0n) is 13.9. The molecular formula is C18H29N3. The van der Waals surface area contributed by atoms with Crippen molar-refractivity contribution in [1.82, 2.24) is 9.88 Å². The van der Waals surface area contributed by atoms with E-state index in [-0.39, 0.29) is 5.41 Å². The summed E-state index contributed by atoms with van der Waals surface area (Å²) in [5.41, 5.74) is 1.48. The van der Waals surface area contributed by atoms with Crippen LogP contribution < -0.4 is 5.32 Å². The number of nitrogens with zero attached hydrogens (tertiary/aromatic N) is 2. The van der Waals surface area contributed by atoms with Crippen LogP contribution in [0.3, 0.4) is 0 Å². The number of hydrogen-bond acceptors (Lipinski definition) is 3. The maximum absolute atomic E-state index is 4.63. The monoisotopic (exact) mass is 287 g/mol. The summed E-state index contributed by atoms with van der Waals surface area (Å²) in [6.45, 7) is 6.69. The molecule has 0 radical (unpaired) electrons. The molecule has 0 aliphatic carbocycles. The van der Waals surface area contributed by atoms with E-state index in [2.05, 4.69) is 55.2 Å². The second-order valence-electron chi connectivity index (χ2n) is 7.90. The van der Waals surface area contributed by atoms with Crippen molar-refractivity contribution in [3.63, 3.8) is 0 Å². The van der Waals surface area contributed by atoms with Crippen LogP contribution in [0.1, 0.15) is 58.4 Å². The van der Waals surface area contributed by atoms with Crippen LogP contribution in [0.2, 0.25) is 0 Å². The number of pyridine rings is 1. The van der Waals surface area contributed by atoms with Crippen LogP contribution in [0.15, 0.2) is 18.3 Å². The van der Waals surface area contributed by atoms with Gasteiger partial charge in [0.15, 0.2) is 0 Å². The Morgan fingerprint density at radius 2 is 1.81 bits per heavy atom. The predicted octanol–water partition coefficient (Wildman–Crippen LogP) is 3.81. The van der Waals surface area contributed by atoms with Crippen LogP contribution in [-0.2, 0) is 5.41 Å². The van der Waals surface area contributed by atoms with Gasteiger partial charge in [-0.15, -0.1) is 0 Å². The standard InChI is InChI=1S/C18H29N3/c1-18(2,3)13-8-9-17(19-12-13)20-14-10-15-6-5-7-16(11-14)21(15)4/h8-9,12,14-16H,5-7,10-11H2,1-4H3,(H,19,20). The van der Waals surface area contributed by atoms with Crippen LogP contribution in [0.4, 0.5) is 5.82 Å². The quantitative estimate of drug-likeness (QED) is 0.896. The molecule has 2 saturated heterocycles. The van der Waals surface area contributed by atoms with Crippen molar-refractivity contribution in [2.45, 2.75) is 76.4 Å². The highest BCUT2D eigenvalue weighted by atomic mass is 15.2. The number of fused-ring (bicyclic) bond motifs is 2. The summed E-state index contributed by atoms with van der Waals surface area (Å²) in [5, 5.41) is 3.67. The molecule has 0 spiro atoms. The predicted molar refractivity (Wildman–Crippen MR) is 88.8 cm³/mol. The van der Waals surface area contributed by atoms with E-state index in [1.54, 1.807) is 0 Å². The summed E-state index contributed by atoms with van der Waals surface area (Å²) in [5.74, 6) is 1.04. The molecule has 0 aromatic carbocycles. The van der Waals surface area contributed by atoms with E-state index in [1.807, 2.05) is 6.20 Å². The minimum absolute atomic E-state index is 0.177. The molecule has 2 atom stereocenters. The Morgan fingerprint density at radius 3 is 2.33 bits per heavy atom. The fourth-order valence-corrected chi connectivity index (χ4v) is 3.87. The third-order valence-electron chi connectivity index (χ3n) is 5.32. The van der Waals surface area contributed by atoms with Gasteiger partial charge >= 0.3 is 0 Å². The van der Waals surface area contributed by atoms with Crippen molar-refractivity contribution < 1.29 is 0 Å². The maximum atomic E-state index is 4.63. The fourth-order valence-electron chi connectivity index (χ4n) is 3.87. The number of piperidine rings is 2. The molecule has 3 rings (SSSR count). The Bertz CT molecular complexity index is 460. The lowest BCUT2D eigenvalue weighted by atomic mass is 9.82. The number of nitrogens with one attached hydrogen (secondary N) is 1. The molecule has 1 aromatic heterocycles. The summed E-state index contributed by atoms with van der Waals surface area (Å²) in [7, 11) is 2.31. The highest BCUT2D eigenvalue weighted by molar-refractivity contribution is 5.38. The van der Waals surface area contributed by atoms with Gasteiger partial charge in [-0.1, -0.05) is 33.3 Å². The highest BCUT2D eigenvalue weighted by Crippen LogP contribution is 2.33. The summed E-state index contributed by atoms with van der Waals surface area (Å²) in [4.78, 5) is 7.24. The van der Waals surface area contributed by atoms with Crippen molar-refractivity contribution in [2.24, 2.45) is 0 Å². The molecule has 2 aliphatic rings. The number of aromatic nitrogens is 1. The third kappa shape index (κ3) is 3.23. The molecule has 1 aromatic rings. The van der Waals surface area contributed by atoms with E-state index in [4.69, 9.17) is 0 Å². The normalized spacial score (nSPS) is 30.2. The minimum Gasteiger partial charge on any atom is -0.367 e. The Balaban J connectivity index is 1.64. The van der Waals surface area contributed by atoms with Gasteiger partial charge in [0.2, 0.25) is 0 Å². The molecule has 116 valence electrons. The van der Waals surface area contributed by atoms with Crippen molar-refractivity contribution in [2.75, 3.05) is 12.4 Å². The lowest BCUT2D eigenvalue weighted by Crippen LogP contribution is -2.52. The Labute approximate surface area is 129 Å². The lowest BCUT2D eigenvalue weighted by molar-refractivity contribution is 0.0608. The van der Waals surface area contributed by atoms with Gasteiger partial charge in [-0.05, 0) is 49.8 Å². The smallest absolute Gasteiger partial charge is 0.126 e. The van der Waals surface area contributed by atoms with Gasteiger partial charge in [-0.3, -0.25) is 0 Å². The molecule has 2 unspecified atom stereocenters. The van der Waals surface area contributed by atoms with Gasteiger partial charge in [-0.2, -0.15) is 0 Å². The van der Waals surface area contributed by atoms with Crippen LogP contribution in [-0.4, -0.2) is 35.1 Å². The van der Waals surface area contributed by atoms with E-state index in [0.717, 1.165) is 17.9 Å². The Kier molecular flexibility index (Phi) is 3.96.